The molecule has 3 nitrogen and oxygen atoms in total. The van der Waals surface area contributed by atoms with Gasteiger partial charge in [0.05, 0.1) is 11.5 Å². The highest BCUT2D eigenvalue weighted by molar-refractivity contribution is 7.89. The molecule has 0 aliphatic carbocycles. The Bertz CT molecular complexity index is 742. The highest BCUT2D eigenvalue weighted by atomic mass is 35.5. The zero-order valence-corrected chi connectivity index (χ0v) is 13.4. The number of sulfone groups is 1. The van der Waals surface area contributed by atoms with Gasteiger partial charge in [-0.3, -0.25) is 0 Å². The Kier molecular flexibility index (Phi) is 5.04. The van der Waals surface area contributed by atoms with Crippen LogP contribution in [0.1, 0.15) is 22.3 Å². The largest absolute Gasteiger partial charge is 0.326 e. The minimum Gasteiger partial charge on any atom is -0.326 e. The van der Waals surface area contributed by atoms with Crippen LogP contribution in [0.25, 0.3) is 0 Å². The lowest BCUT2D eigenvalue weighted by Gasteiger charge is -2.10. The van der Waals surface area contributed by atoms with E-state index < -0.39 is 9.84 Å². The molecule has 2 rings (SSSR count). The molecular weight excluding hydrogens is 306 g/mol. The SMILES string of the molecule is Cc1cc(CN)ccc1CS(=O)(=O)Cc1ccccc1Cl. The maximum Gasteiger partial charge on any atom is 0.158 e. The molecule has 0 fully saturated rings. The molecule has 0 amide bonds. The summed E-state index contributed by atoms with van der Waals surface area (Å²) in [6, 6.07) is 12.7. The van der Waals surface area contributed by atoms with Gasteiger partial charge in [0.15, 0.2) is 9.84 Å². The van der Waals surface area contributed by atoms with Crippen LogP contribution >= 0.6 is 11.6 Å². The average molecular weight is 324 g/mol. The summed E-state index contributed by atoms with van der Waals surface area (Å²) in [5.41, 5.74) is 8.97. The Morgan fingerprint density at radius 2 is 1.71 bits per heavy atom. The van der Waals surface area contributed by atoms with Crippen LogP contribution in [-0.2, 0) is 27.9 Å². The number of nitrogens with two attached hydrogens (primary N) is 1. The first-order valence-electron chi connectivity index (χ1n) is 6.63. The Morgan fingerprint density at radius 1 is 1.05 bits per heavy atom. The highest BCUT2D eigenvalue weighted by Gasteiger charge is 2.16. The zero-order chi connectivity index (χ0) is 15.5. The summed E-state index contributed by atoms with van der Waals surface area (Å²) in [6.45, 7) is 2.35. The molecule has 2 aromatic rings. The smallest absolute Gasteiger partial charge is 0.158 e. The van der Waals surface area contributed by atoms with E-state index >= 15 is 0 Å². The number of aryl methyl sites for hydroxylation is 1. The Hall–Kier alpha value is -1.36. The summed E-state index contributed by atoms with van der Waals surface area (Å²) in [5, 5.41) is 0.483. The van der Waals surface area contributed by atoms with Crippen molar-refractivity contribution in [1.82, 2.24) is 0 Å². The van der Waals surface area contributed by atoms with Crippen LogP contribution in [-0.4, -0.2) is 8.42 Å². The van der Waals surface area contributed by atoms with Crippen LogP contribution < -0.4 is 5.73 Å². The van der Waals surface area contributed by atoms with Crippen molar-refractivity contribution in [3.05, 3.63) is 69.7 Å². The first kappa shape index (κ1) is 16.0. The van der Waals surface area contributed by atoms with Crippen LogP contribution in [0.2, 0.25) is 5.02 Å². The van der Waals surface area contributed by atoms with Crippen molar-refractivity contribution in [2.24, 2.45) is 5.73 Å². The van der Waals surface area contributed by atoms with Crippen LogP contribution in [0.4, 0.5) is 0 Å². The molecule has 0 heterocycles. The van der Waals surface area contributed by atoms with Gasteiger partial charge in [-0.2, -0.15) is 0 Å². The van der Waals surface area contributed by atoms with Crippen LogP contribution in [0, 0.1) is 6.92 Å². The first-order chi connectivity index (χ1) is 9.91. The van der Waals surface area contributed by atoms with Crippen molar-refractivity contribution in [2.45, 2.75) is 25.0 Å². The predicted molar refractivity (Wildman–Crippen MR) is 86.9 cm³/mol. The monoisotopic (exact) mass is 323 g/mol. The lowest BCUT2D eigenvalue weighted by atomic mass is 10.1. The molecule has 5 heteroatoms. The van der Waals surface area contributed by atoms with E-state index in [1.165, 1.54) is 0 Å². The minimum absolute atomic E-state index is 0.00884. The molecule has 0 atom stereocenters. The van der Waals surface area contributed by atoms with E-state index in [0.29, 0.717) is 17.1 Å². The van der Waals surface area contributed by atoms with Gasteiger partial charge in [-0.1, -0.05) is 48.0 Å². The summed E-state index contributed by atoms with van der Waals surface area (Å²) < 4.78 is 24.7. The second-order valence-electron chi connectivity index (χ2n) is 5.09. The van der Waals surface area contributed by atoms with E-state index in [1.807, 2.05) is 25.1 Å². The van der Waals surface area contributed by atoms with Gasteiger partial charge >= 0.3 is 0 Å². The summed E-state index contributed by atoms with van der Waals surface area (Å²) in [7, 11) is -3.27. The number of rotatable bonds is 5. The number of hydrogen-bond acceptors (Lipinski definition) is 3. The molecule has 0 radical (unpaired) electrons. The molecule has 112 valence electrons. The first-order valence-corrected chi connectivity index (χ1v) is 8.83. The number of benzene rings is 2. The summed E-state index contributed by atoms with van der Waals surface area (Å²) in [6.07, 6.45) is 0. The van der Waals surface area contributed by atoms with E-state index in [4.69, 9.17) is 17.3 Å². The fourth-order valence-electron chi connectivity index (χ4n) is 2.19. The third-order valence-corrected chi connectivity index (χ3v) is 5.22. The number of halogens is 1. The fourth-order valence-corrected chi connectivity index (χ4v) is 4.09. The fraction of sp³-hybridized carbons (Fsp3) is 0.250. The van der Waals surface area contributed by atoms with Crippen molar-refractivity contribution in [3.8, 4) is 0 Å². The van der Waals surface area contributed by atoms with Crippen LogP contribution in [0.15, 0.2) is 42.5 Å². The molecule has 0 bridgehead atoms. The lowest BCUT2D eigenvalue weighted by Crippen LogP contribution is -2.09. The van der Waals surface area contributed by atoms with Crippen molar-refractivity contribution in [2.75, 3.05) is 0 Å². The predicted octanol–water partition coefficient (Wildman–Crippen LogP) is 3.22. The molecule has 2 aromatic carbocycles. The topological polar surface area (TPSA) is 60.2 Å². The van der Waals surface area contributed by atoms with Gasteiger partial charge in [-0.25, -0.2) is 8.42 Å². The molecule has 0 saturated carbocycles. The Balaban J connectivity index is 2.20. The normalized spacial score (nSPS) is 11.6. The van der Waals surface area contributed by atoms with Gasteiger partial charge in [-0.05, 0) is 35.2 Å². The van der Waals surface area contributed by atoms with Crippen molar-refractivity contribution in [3.63, 3.8) is 0 Å². The molecule has 0 spiro atoms. The molecular formula is C16H18ClNO2S. The molecule has 21 heavy (non-hydrogen) atoms. The maximum absolute atomic E-state index is 12.3. The van der Waals surface area contributed by atoms with E-state index in [9.17, 15) is 8.42 Å². The van der Waals surface area contributed by atoms with Gasteiger partial charge in [0.25, 0.3) is 0 Å². The molecule has 2 N–H and O–H groups in total. The standard InChI is InChI=1S/C16H18ClNO2S/c1-12-8-13(9-18)6-7-14(12)10-21(19,20)11-15-4-2-3-5-16(15)17/h2-8H,9-11,18H2,1H3. The molecule has 0 unspecified atom stereocenters. The maximum atomic E-state index is 12.3. The van der Waals surface area contributed by atoms with E-state index in [-0.39, 0.29) is 11.5 Å². The highest BCUT2D eigenvalue weighted by Crippen LogP contribution is 2.21. The molecule has 0 aliphatic rings. The number of hydrogen-bond donors (Lipinski definition) is 1. The van der Waals surface area contributed by atoms with Gasteiger partial charge in [-0.15, -0.1) is 0 Å². The van der Waals surface area contributed by atoms with Crippen LogP contribution in [0.5, 0.6) is 0 Å². The van der Waals surface area contributed by atoms with E-state index in [2.05, 4.69) is 0 Å². The molecule has 0 aliphatic heterocycles. The second kappa shape index (κ2) is 6.60. The van der Waals surface area contributed by atoms with Crippen LogP contribution in [0.3, 0.4) is 0 Å². The van der Waals surface area contributed by atoms with Crippen molar-refractivity contribution in [1.29, 1.82) is 0 Å². The van der Waals surface area contributed by atoms with Gasteiger partial charge in [0, 0.05) is 11.6 Å². The van der Waals surface area contributed by atoms with E-state index in [1.54, 1.807) is 24.3 Å². The van der Waals surface area contributed by atoms with Gasteiger partial charge in [0.1, 0.15) is 0 Å². The lowest BCUT2D eigenvalue weighted by molar-refractivity contribution is 0.594. The molecule has 0 saturated heterocycles. The summed E-state index contributed by atoms with van der Waals surface area (Å²) in [4.78, 5) is 0. The Labute approximate surface area is 130 Å². The summed E-state index contributed by atoms with van der Waals surface area (Å²) >= 11 is 6.03. The zero-order valence-electron chi connectivity index (χ0n) is 11.8. The van der Waals surface area contributed by atoms with Gasteiger partial charge < -0.3 is 5.73 Å². The molecule has 0 aromatic heterocycles. The summed E-state index contributed by atoms with van der Waals surface area (Å²) in [5.74, 6) is -0.0420. The van der Waals surface area contributed by atoms with Crippen molar-refractivity contribution >= 4 is 21.4 Å². The van der Waals surface area contributed by atoms with Gasteiger partial charge in [0.2, 0.25) is 0 Å². The quantitative estimate of drug-likeness (QED) is 0.919. The third kappa shape index (κ3) is 4.30. The average Bonchev–Trinajstić information content (AvgIpc) is 2.43. The second-order valence-corrected chi connectivity index (χ2v) is 7.56. The van der Waals surface area contributed by atoms with Crippen molar-refractivity contribution < 1.29 is 8.42 Å². The Morgan fingerprint density at radius 3 is 2.33 bits per heavy atom. The third-order valence-electron chi connectivity index (χ3n) is 3.35. The van der Waals surface area contributed by atoms with E-state index in [0.717, 1.165) is 16.7 Å². The minimum atomic E-state index is -3.27.